The number of nitrogens with zero attached hydrogens (tertiary/aromatic N) is 2. The fraction of sp³-hybridized carbons (Fsp3) is 0.556. The summed E-state index contributed by atoms with van der Waals surface area (Å²) >= 11 is 0. The number of aromatic nitrogens is 2. The van der Waals surface area contributed by atoms with Crippen LogP contribution in [-0.4, -0.2) is 16.6 Å². The van der Waals surface area contributed by atoms with E-state index >= 15 is 0 Å². The van der Waals surface area contributed by atoms with Gasteiger partial charge in [-0.05, 0) is 11.5 Å². The molecule has 0 unspecified atom stereocenters. The fourth-order valence-corrected chi connectivity index (χ4v) is 0.641. The van der Waals surface area contributed by atoms with Crippen LogP contribution in [0.25, 0.3) is 0 Å². The molecule has 0 amide bonds. The zero-order valence-electron chi connectivity index (χ0n) is 7.74. The molecule has 1 rings (SSSR count). The standard InChI is InChI=1S/C9H14N2O/c1-9(2,3)7-12-8-10-5-4-6-11-8/h4-6H,7H2,1-3H3. The Hall–Kier alpha value is -1.12. The summed E-state index contributed by atoms with van der Waals surface area (Å²) in [5.74, 6) is 0. The van der Waals surface area contributed by atoms with Gasteiger partial charge >= 0.3 is 6.01 Å². The van der Waals surface area contributed by atoms with Gasteiger partial charge in [0.25, 0.3) is 0 Å². The molecule has 1 aromatic heterocycles. The Balaban J connectivity index is 2.44. The van der Waals surface area contributed by atoms with Gasteiger partial charge < -0.3 is 4.74 Å². The molecule has 0 saturated heterocycles. The molecular weight excluding hydrogens is 152 g/mol. The minimum Gasteiger partial charge on any atom is -0.463 e. The van der Waals surface area contributed by atoms with Crippen LogP contribution in [0.3, 0.4) is 0 Å². The third-order valence-electron chi connectivity index (χ3n) is 1.18. The highest BCUT2D eigenvalue weighted by atomic mass is 16.5. The Kier molecular flexibility index (Phi) is 2.63. The SMILES string of the molecule is CC(C)(C)COc1ncccn1. The number of hydrogen-bond donors (Lipinski definition) is 0. The Morgan fingerprint density at radius 1 is 1.25 bits per heavy atom. The molecule has 0 atom stereocenters. The van der Waals surface area contributed by atoms with E-state index in [0.717, 1.165) is 0 Å². The van der Waals surface area contributed by atoms with Crippen molar-refractivity contribution in [3.63, 3.8) is 0 Å². The average molecular weight is 166 g/mol. The molecule has 0 bridgehead atoms. The molecule has 0 fully saturated rings. The van der Waals surface area contributed by atoms with Gasteiger partial charge in [0, 0.05) is 12.4 Å². The number of hydrogen-bond acceptors (Lipinski definition) is 3. The van der Waals surface area contributed by atoms with Crippen LogP contribution < -0.4 is 4.74 Å². The topological polar surface area (TPSA) is 35.0 Å². The smallest absolute Gasteiger partial charge is 0.316 e. The lowest BCUT2D eigenvalue weighted by atomic mass is 9.99. The van der Waals surface area contributed by atoms with E-state index < -0.39 is 0 Å². The Morgan fingerprint density at radius 2 is 1.83 bits per heavy atom. The molecule has 0 aromatic carbocycles. The average Bonchev–Trinajstić information content (AvgIpc) is 2.02. The molecule has 0 aliphatic rings. The van der Waals surface area contributed by atoms with Crippen LogP contribution in [-0.2, 0) is 0 Å². The molecule has 3 heteroatoms. The summed E-state index contributed by atoms with van der Waals surface area (Å²) in [6.07, 6.45) is 3.34. The maximum atomic E-state index is 5.35. The molecule has 0 saturated carbocycles. The number of rotatable bonds is 2. The number of ether oxygens (including phenoxy) is 1. The van der Waals surface area contributed by atoms with Gasteiger partial charge in [0.2, 0.25) is 0 Å². The largest absolute Gasteiger partial charge is 0.463 e. The van der Waals surface area contributed by atoms with E-state index in [1.165, 1.54) is 0 Å². The lowest BCUT2D eigenvalue weighted by Gasteiger charge is -2.17. The molecule has 1 heterocycles. The van der Waals surface area contributed by atoms with Gasteiger partial charge in [0.05, 0.1) is 6.61 Å². The molecule has 3 nitrogen and oxygen atoms in total. The molecule has 12 heavy (non-hydrogen) atoms. The van der Waals surface area contributed by atoms with Crippen molar-refractivity contribution < 1.29 is 4.74 Å². The van der Waals surface area contributed by atoms with Crippen molar-refractivity contribution in [2.75, 3.05) is 6.61 Å². The third-order valence-corrected chi connectivity index (χ3v) is 1.18. The molecule has 0 aliphatic carbocycles. The van der Waals surface area contributed by atoms with Crippen LogP contribution in [0.2, 0.25) is 0 Å². The van der Waals surface area contributed by atoms with Crippen molar-refractivity contribution in [3.8, 4) is 6.01 Å². The zero-order valence-corrected chi connectivity index (χ0v) is 7.74. The Labute approximate surface area is 72.8 Å². The van der Waals surface area contributed by atoms with Crippen molar-refractivity contribution in [3.05, 3.63) is 18.5 Å². The monoisotopic (exact) mass is 166 g/mol. The molecule has 0 N–H and O–H groups in total. The van der Waals surface area contributed by atoms with Gasteiger partial charge in [-0.1, -0.05) is 20.8 Å². The second-order valence-corrected chi connectivity index (χ2v) is 3.88. The van der Waals surface area contributed by atoms with E-state index in [2.05, 4.69) is 30.7 Å². The fourth-order valence-electron chi connectivity index (χ4n) is 0.641. The van der Waals surface area contributed by atoms with Crippen molar-refractivity contribution in [1.82, 2.24) is 9.97 Å². The lowest BCUT2D eigenvalue weighted by molar-refractivity contribution is 0.184. The highest BCUT2D eigenvalue weighted by Gasteiger charge is 2.11. The van der Waals surface area contributed by atoms with Gasteiger partial charge in [-0.15, -0.1) is 0 Å². The van der Waals surface area contributed by atoms with Crippen molar-refractivity contribution in [2.45, 2.75) is 20.8 Å². The zero-order chi connectivity index (χ0) is 9.03. The maximum absolute atomic E-state index is 5.35. The van der Waals surface area contributed by atoms with Crippen molar-refractivity contribution >= 4 is 0 Å². The lowest BCUT2D eigenvalue weighted by Crippen LogP contribution is -2.17. The highest BCUT2D eigenvalue weighted by molar-refractivity contribution is 4.93. The van der Waals surface area contributed by atoms with E-state index in [-0.39, 0.29) is 5.41 Å². The van der Waals surface area contributed by atoms with Crippen LogP contribution in [0.4, 0.5) is 0 Å². The quantitative estimate of drug-likeness (QED) is 0.673. The summed E-state index contributed by atoms with van der Waals surface area (Å²) < 4.78 is 5.35. The summed E-state index contributed by atoms with van der Waals surface area (Å²) in [6.45, 7) is 6.96. The van der Waals surface area contributed by atoms with Crippen LogP contribution in [0.15, 0.2) is 18.5 Å². The summed E-state index contributed by atoms with van der Waals surface area (Å²) in [4.78, 5) is 7.90. The molecule has 66 valence electrons. The summed E-state index contributed by atoms with van der Waals surface area (Å²) in [5, 5.41) is 0. The van der Waals surface area contributed by atoms with E-state index in [0.29, 0.717) is 12.6 Å². The van der Waals surface area contributed by atoms with Gasteiger partial charge in [-0.25, -0.2) is 9.97 Å². The molecular formula is C9H14N2O. The van der Waals surface area contributed by atoms with E-state index in [1.54, 1.807) is 18.5 Å². The Bertz CT molecular complexity index is 228. The van der Waals surface area contributed by atoms with Crippen LogP contribution in [0.5, 0.6) is 6.01 Å². The van der Waals surface area contributed by atoms with Gasteiger partial charge in [-0.3, -0.25) is 0 Å². The van der Waals surface area contributed by atoms with Gasteiger partial charge in [0.15, 0.2) is 0 Å². The van der Waals surface area contributed by atoms with Crippen LogP contribution in [0, 0.1) is 5.41 Å². The summed E-state index contributed by atoms with van der Waals surface area (Å²) in [7, 11) is 0. The maximum Gasteiger partial charge on any atom is 0.316 e. The highest BCUT2D eigenvalue weighted by Crippen LogP contribution is 2.13. The first kappa shape index (κ1) is 8.97. The van der Waals surface area contributed by atoms with E-state index in [1.807, 2.05) is 0 Å². The predicted octanol–water partition coefficient (Wildman–Crippen LogP) is 1.90. The molecule has 0 aliphatic heterocycles. The predicted molar refractivity (Wildman–Crippen MR) is 47.0 cm³/mol. The summed E-state index contributed by atoms with van der Waals surface area (Å²) in [6, 6.07) is 2.22. The first-order chi connectivity index (χ1) is 5.58. The van der Waals surface area contributed by atoms with Gasteiger partial charge in [-0.2, -0.15) is 0 Å². The second kappa shape index (κ2) is 3.52. The third kappa shape index (κ3) is 3.32. The van der Waals surface area contributed by atoms with Crippen LogP contribution in [0.1, 0.15) is 20.8 Å². The molecule has 1 aromatic rings. The minimum atomic E-state index is 0.152. The van der Waals surface area contributed by atoms with Crippen molar-refractivity contribution in [2.24, 2.45) is 5.41 Å². The second-order valence-electron chi connectivity index (χ2n) is 3.88. The first-order valence-corrected chi connectivity index (χ1v) is 3.98. The molecule has 0 radical (unpaired) electrons. The minimum absolute atomic E-state index is 0.152. The molecule has 0 spiro atoms. The normalized spacial score (nSPS) is 11.2. The summed E-state index contributed by atoms with van der Waals surface area (Å²) in [5.41, 5.74) is 0.152. The first-order valence-electron chi connectivity index (χ1n) is 3.98. The van der Waals surface area contributed by atoms with Crippen LogP contribution >= 0.6 is 0 Å². The van der Waals surface area contributed by atoms with Crippen molar-refractivity contribution in [1.29, 1.82) is 0 Å². The Morgan fingerprint density at radius 3 is 2.33 bits per heavy atom. The van der Waals surface area contributed by atoms with Gasteiger partial charge in [0.1, 0.15) is 0 Å². The van der Waals surface area contributed by atoms with E-state index in [4.69, 9.17) is 4.74 Å². The van der Waals surface area contributed by atoms with E-state index in [9.17, 15) is 0 Å².